The van der Waals surface area contributed by atoms with E-state index in [0.29, 0.717) is 12.3 Å². The molecule has 0 saturated carbocycles. The Morgan fingerprint density at radius 2 is 2.20 bits per heavy atom. The van der Waals surface area contributed by atoms with Gasteiger partial charge in [-0.2, -0.15) is 0 Å². The van der Waals surface area contributed by atoms with Gasteiger partial charge in [-0.3, -0.25) is 0 Å². The summed E-state index contributed by atoms with van der Waals surface area (Å²) in [5, 5.41) is 12.0. The number of hydrogen-bond donors (Lipinski definition) is 1. The lowest BCUT2D eigenvalue weighted by atomic mass is 9.99. The molecule has 0 aliphatic rings. The van der Waals surface area contributed by atoms with Gasteiger partial charge in [-0.1, -0.05) is 13.8 Å². The van der Waals surface area contributed by atoms with E-state index in [0.717, 1.165) is 4.47 Å². The molecule has 1 rings (SSSR count). The predicted octanol–water partition coefficient (Wildman–Crippen LogP) is 3.09. The number of thiophene rings is 1. The third-order valence-electron chi connectivity index (χ3n) is 2.34. The van der Waals surface area contributed by atoms with Gasteiger partial charge in [0.15, 0.2) is 0 Å². The molecule has 0 aromatic carbocycles. The second-order valence-electron chi connectivity index (χ2n) is 3.95. The zero-order chi connectivity index (χ0) is 11.4. The minimum atomic E-state index is -0.430. The first-order valence-electron chi connectivity index (χ1n) is 4.98. The SMILES string of the molecule is COC(C(C)C)C(O)Cc1cc(Br)cs1. The van der Waals surface area contributed by atoms with Crippen molar-refractivity contribution < 1.29 is 9.84 Å². The summed E-state index contributed by atoms with van der Waals surface area (Å²) in [5.74, 6) is 0.327. The van der Waals surface area contributed by atoms with Gasteiger partial charge in [0.25, 0.3) is 0 Å². The van der Waals surface area contributed by atoms with E-state index in [1.807, 2.05) is 11.4 Å². The van der Waals surface area contributed by atoms with Crippen molar-refractivity contribution in [1.29, 1.82) is 0 Å². The summed E-state index contributed by atoms with van der Waals surface area (Å²) in [5.41, 5.74) is 0. The number of methoxy groups -OCH3 is 1. The second kappa shape index (κ2) is 5.99. The molecule has 0 bridgehead atoms. The summed E-state index contributed by atoms with van der Waals surface area (Å²) >= 11 is 5.06. The van der Waals surface area contributed by atoms with Crippen LogP contribution in [0.15, 0.2) is 15.9 Å². The van der Waals surface area contributed by atoms with Crippen molar-refractivity contribution in [3.63, 3.8) is 0 Å². The van der Waals surface area contributed by atoms with Crippen molar-refractivity contribution >= 4 is 27.3 Å². The van der Waals surface area contributed by atoms with Gasteiger partial charge in [-0.25, -0.2) is 0 Å². The first-order chi connectivity index (χ1) is 7.04. The number of hydrogen-bond acceptors (Lipinski definition) is 3. The van der Waals surface area contributed by atoms with E-state index in [4.69, 9.17) is 4.74 Å². The zero-order valence-corrected chi connectivity index (χ0v) is 11.6. The van der Waals surface area contributed by atoms with E-state index < -0.39 is 6.10 Å². The molecule has 2 atom stereocenters. The molecule has 1 N–H and O–H groups in total. The molecule has 86 valence electrons. The Hall–Kier alpha value is 0.1000. The Morgan fingerprint density at radius 1 is 1.53 bits per heavy atom. The van der Waals surface area contributed by atoms with Crippen LogP contribution in [0.2, 0.25) is 0 Å². The molecule has 0 radical (unpaired) electrons. The van der Waals surface area contributed by atoms with Crippen LogP contribution >= 0.6 is 27.3 Å². The van der Waals surface area contributed by atoms with Crippen molar-refractivity contribution in [3.8, 4) is 0 Å². The van der Waals surface area contributed by atoms with Crippen LogP contribution in [0.25, 0.3) is 0 Å². The number of aliphatic hydroxyl groups is 1. The van der Waals surface area contributed by atoms with Gasteiger partial charge in [0.2, 0.25) is 0 Å². The molecule has 0 fully saturated rings. The lowest BCUT2D eigenvalue weighted by Gasteiger charge is -2.24. The normalized spacial score (nSPS) is 15.6. The summed E-state index contributed by atoms with van der Waals surface area (Å²) in [4.78, 5) is 1.18. The van der Waals surface area contributed by atoms with Gasteiger partial charge >= 0.3 is 0 Å². The second-order valence-corrected chi connectivity index (χ2v) is 5.86. The summed E-state index contributed by atoms with van der Waals surface area (Å²) in [6.07, 6.45) is 0.138. The van der Waals surface area contributed by atoms with Crippen LogP contribution in [0.1, 0.15) is 18.7 Å². The molecule has 1 aromatic rings. The Bertz CT molecular complexity index is 299. The van der Waals surface area contributed by atoms with E-state index in [-0.39, 0.29) is 6.10 Å². The van der Waals surface area contributed by atoms with Crippen LogP contribution in [0.4, 0.5) is 0 Å². The van der Waals surface area contributed by atoms with Crippen LogP contribution in [0.3, 0.4) is 0 Å². The molecule has 2 nitrogen and oxygen atoms in total. The number of ether oxygens (including phenoxy) is 1. The molecule has 0 spiro atoms. The van der Waals surface area contributed by atoms with Gasteiger partial charge < -0.3 is 9.84 Å². The quantitative estimate of drug-likeness (QED) is 0.904. The molecule has 2 unspecified atom stereocenters. The van der Waals surface area contributed by atoms with Crippen molar-refractivity contribution in [3.05, 3.63) is 20.8 Å². The van der Waals surface area contributed by atoms with Crippen molar-refractivity contribution in [2.75, 3.05) is 7.11 Å². The van der Waals surface area contributed by atoms with Crippen LogP contribution in [0, 0.1) is 5.92 Å². The maximum Gasteiger partial charge on any atom is 0.0856 e. The first-order valence-corrected chi connectivity index (χ1v) is 6.65. The number of halogens is 1. The minimum Gasteiger partial charge on any atom is -0.390 e. The maximum atomic E-state index is 10.0. The van der Waals surface area contributed by atoms with E-state index in [2.05, 4.69) is 29.8 Å². The highest BCUT2D eigenvalue weighted by Gasteiger charge is 2.22. The van der Waals surface area contributed by atoms with Crippen molar-refractivity contribution in [2.45, 2.75) is 32.5 Å². The highest BCUT2D eigenvalue weighted by molar-refractivity contribution is 9.10. The van der Waals surface area contributed by atoms with Crippen LogP contribution < -0.4 is 0 Å². The van der Waals surface area contributed by atoms with Crippen LogP contribution in [-0.2, 0) is 11.2 Å². The van der Waals surface area contributed by atoms with Gasteiger partial charge in [0.05, 0.1) is 12.2 Å². The summed E-state index contributed by atoms with van der Waals surface area (Å²) in [6.45, 7) is 4.11. The monoisotopic (exact) mass is 292 g/mol. The molecular weight excluding hydrogens is 276 g/mol. The Labute approximate surface area is 103 Å². The molecule has 0 aliphatic heterocycles. The molecule has 15 heavy (non-hydrogen) atoms. The van der Waals surface area contributed by atoms with Crippen molar-refractivity contribution in [1.82, 2.24) is 0 Å². The van der Waals surface area contributed by atoms with E-state index in [1.54, 1.807) is 18.4 Å². The van der Waals surface area contributed by atoms with Gasteiger partial charge in [-0.15, -0.1) is 11.3 Å². The molecule has 0 aliphatic carbocycles. The smallest absolute Gasteiger partial charge is 0.0856 e. The predicted molar refractivity (Wildman–Crippen MR) is 67.4 cm³/mol. The Morgan fingerprint density at radius 3 is 2.60 bits per heavy atom. The topological polar surface area (TPSA) is 29.5 Å². The van der Waals surface area contributed by atoms with Gasteiger partial charge in [0, 0.05) is 28.3 Å². The van der Waals surface area contributed by atoms with E-state index >= 15 is 0 Å². The number of aliphatic hydroxyl groups excluding tert-OH is 1. The first kappa shape index (κ1) is 13.2. The van der Waals surface area contributed by atoms with E-state index in [9.17, 15) is 5.11 Å². The third-order valence-corrected chi connectivity index (χ3v) is 4.06. The molecule has 0 saturated heterocycles. The Kier molecular flexibility index (Phi) is 5.26. The highest BCUT2D eigenvalue weighted by Crippen LogP contribution is 2.23. The van der Waals surface area contributed by atoms with Gasteiger partial charge in [-0.05, 0) is 27.9 Å². The van der Waals surface area contributed by atoms with Crippen LogP contribution in [0.5, 0.6) is 0 Å². The molecule has 1 aromatic heterocycles. The fourth-order valence-electron chi connectivity index (χ4n) is 1.66. The standard InChI is InChI=1S/C11H17BrO2S/c1-7(2)11(14-3)10(13)5-9-4-8(12)6-15-9/h4,6-7,10-11,13H,5H2,1-3H3. The number of rotatable bonds is 5. The zero-order valence-electron chi connectivity index (χ0n) is 9.24. The fraction of sp³-hybridized carbons (Fsp3) is 0.636. The summed E-state index contributed by atoms with van der Waals surface area (Å²) in [6, 6.07) is 2.04. The fourth-order valence-corrected chi connectivity index (χ4v) is 3.16. The minimum absolute atomic E-state index is 0.0918. The highest BCUT2D eigenvalue weighted by atomic mass is 79.9. The average Bonchev–Trinajstić information content (AvgIpc) is 2.51. The molecule has 0 amide bonds. The van der Waals surface area contributed by atoms with Crippen molar-refractivity contribution in [2.24, 2.45) is 5.92 Å². The largest absolute Gasteiger partial charge is 0.390 e. The molecular formula is C11H17BrO2S. The maximum absolute atomic E-state index is 10.0. The summed E-state index contributed by atoms with van der Waals surface area (Å²) in [7, 11) is 1.65. The molecule has 4 heteroatoms. The van der Waals surface area contributed by atoms with Crippen LogP contribution in [-0.4, -0.2) is 24.4 Å². The lowest BCUT2D eigenvalue weighted by Crippen LogP contribution is -2.34. The third kappa shape index (κ3) is 3.87. The Balaban J connectivity index is 2.57. The molecule has 1 heterocycles. The summed E-state index contributed by atoms with van der Waals surface area (Å²) < 4.78 is 6.37. The lowest BCUT2D eigenvalue weighted by molar-refractivity contribution is -0.0364. The average molecular weight is 293 g/mol. The van der Waals surface area contributed by atoms with E-state index in [1.165, 1.54) is 4.88 Å². The van der Waals surface area contributed by atoms with Gasteiger partial charge in [0.1, 0.15) is 0 Å².